The van der Waals surface area contributed by atoms with Crippen molar-refractivity contribution in [1.29, 1.82) is 0 Å². The Balaban J connectivity index is 2.24. The third kappa shape index (κ3) is 2.99. The van der Waals surface area contributed by atoms with Gasteiger partial charge in [-0.2, -0.15) is 13.2 Å². The molecule has 0 aliphatic rings. The lowest BCUT2D eigenvalue weighted by atomic mass is 10.2. The van der Waals surface area contributed by atoms with Gasteiger partial charge in [0.25, 0.3) is 5.91 Å². The standard InChI is InChI=1S/C9H4ClF3N4O2/c10-7-4(1-2-5(15-7)9(11,12)13)8(18)16-6-3-14-19-17-6/h1-3H,(H,16,17,18). The minimum absolute atomic E-state index is 0.000893. The van der Waals surface area contributed by atoms with Crippen molar-refractivity contribution >= 4 is 23.3 Å². The Hall–Kier alpha value is -2.16. The third-order valence-corrected chi connectivity index (χ3v) is 2.27. The molecule has 0 aliphatic carbocycles. The monoisotopic (exact) mass is 292 g/mol. The van der Waals surface area contributed by atoms with Crippen molar-refractivity contribution in [3.63, 3.8) is 0 Å². The van der Waals surface area contributed by atoms with Crippen LogP contribution in [0, 0.1) is 0 Å². The quantitative estimate of drug-likeness (QED) is 0.860. The van der Waals surface area contributed by atoms with Crippen molar-refractivity contribution in [2.24, 2.45) is 0 Å². The summed E-state index contributed by atoms with van der Waals surface area (Å²) in [5.74, 6) is -0.775. The molecule has 1 amide bonds. The summed E-state index contributed by atoms with van der Waals surface area (Å²) in [6.45, 7) is 0. The Kier molecular flexibility index (Phi) is 3.38. The van der Waals surface area contributed by atoms with Gasteiger partial charge in [-0.15, -0.1) is 0 Å². The summed E-state index contributed by atoms with van der Waals surface area (Å²) in [6, 6.07) is 1.57. The molecule has 100 valence electrons. The van der Waals surface area contributed by atoms with Gasteiger partial charge in [-0.1, -0.05) is 16.8 Å². The zero-order valence-electron chi connectivity index (χ0n) is 8.90. The molecule has 0 bridgehead atoms. The Morgan fingerprint density at radius 1 is 1.37 bits per heavy atom. The third-order valence-electron chi connectivity index (χ3n) is 1.99. The first-order chi connectivity index (χ1) is 8.88. The summed E-state index contributed by atoms with van der Waals surface area (Å²) < 4.78 is 41.3. The Labute approximate surface area is 108 Å². The smallest absolute Gasteiger partial charge is 0.302 e. The van der Waals surface area contributed by atoms with E-state index in [9.17, 15) is 18.0 Å². The molecule has 2 aromatic heterocycles. The normalized spacial score (nSPS) is 11.4. The number of pyridine rings is 1. The lowest BCUT2D eigenvalue weighted by Crippen LogP contribution is -2.15. The molecule has 0 unspecified atom stereocenters. The molecule has 1 N–H and O–H groups in total. The zero-order chi connectivity index (χ0) is 14.0. The van der Waals surface area contributed by atoms with Gasteiger partial charge in [-0.3, -0.25) is 4.79 Å². The van der Waals surface area contributed by atoms with Crippen molar-refractivity contribution < 1.29 is 22.6 Å². The van der Waals surface area contributed by atoms with E-state index < -0.39 is 22.9 Å². The van der Waals surface area contributed by atoms with Gasteiger partial charge in [0.15, 0.2) is 5.82 Å². The highest BCUT2D eigenvalue weighted by Crippen LogP contribution is 2.29. The van der Waals surface area contributed by atoms with E-state index in [1.807, 2.05) is 0 Å². The molecular formula is C9H4ClF3N4O2. The maximum Gasteiger partial charge on any atom is 0.433 e. The second-order valence-electron chi connectivity index (χ2n) is 3.28. The first-order valence-corrected chi connectivity index (χ1v) is 5.08. The number of anilines is 1. The van der Waals surface area contributed by atoms with Crippen LogP contribution in [-0.2, 0) is 6.18 Å². The number of amides is 1. The molecular weight excluding hydrogens is 289 g/mol. The number of nitrogens with zero attached hydrogens (tertiary/aromatic N) is 3. The molecule has 19 heavy (non-hydrogen) atoms. The molecule has 0 radical (unpaired) electrons. The number of halogens is 4. The highest BCUT2D eigenvalue weighted by Gasteiger charge is 2.33. The molecule has 0 saturated carbocycles. The Morgan fingerprint density at radius 3 is 2.63 bits per heavy atom. The van der Waals surface area contributed by atoms with E-state index in [0.29, 0.717) is 6.07 Å². The Bertz CT molecular complexity index is 600. The van der Waals surface area contributed by atoms with E-state index in [4.69, 9.17) is 11.6 Å². The first-order valence-electron chi connectivity index (χ1n) is 4.70. The minimum Gasteiger partial charge on any atom is -0.302 e. The van der Waals surface area contributed by atoms with E-state index in [0.717, 1.165) is 12.3 Å². The number of alkyl halides is 3. The van der Waals surface area contributed by atoms with E-state index in [-0.39, 0.29) is 11.4 Å². The molecule has 2 aromatic rings. The average Bonchev–Trinajstić information content (AvgIpc) is 2.80. The van der Waals surface area contributed by atoms with Crippen molar-refractivity contribution in [1.82, 2.24) is 15.3 Å². The van der Waals surface area contributed by atoms with Crippen molar-refractivity contribution in [2.45, 2.75) is 6.18 Å². The molecule has 10 heteroatoms. The Morgan fingerprint density at radius 2 is 2.11 bits per heavy atom. The second kappa shape index (κ2) is 4.84. The SMILES string of the molecule is O=C(Nc1cnon1)c1ccc(C(F)(F)F)nc1Cl. The van der Waals surface area contributed by atoms with Crippen LogP contribution in [0.4, 0.5) is 19.0 Å². The van der Waals surface area contributed by atoms with Gasteiger partial charge in [0.1, 0.15) is 17.0 Å². The number of carbonyl (C=O) groups is 1. The van der Waals surface area contributed by atoms with Crippen LogP contribution in [0.5, 0.6) is 0 Å². The summed E-state index contributed by atoms with van der Waals surface area (Å²) in [7, 11) is 0. The number of hydrogen-bond donors (Lipinski definition) is 1. The van der Waals surface area contributed by atoms with Crippen LogP contribution in [-0.4, -0.2) is 21.2 Å². The fraction of sp³-hybridized carbons (Fsp3) is 0.111. The summed E-state index contributed by atoms with van der Waals surface area (Å²) in [5, 5.41) is 8.21. The van der Waals surface area contributed by atoms with Gasteiger partial charge in [0.05, 0.1) is 5.56 Å². The predicted molar refractivity (Wildman–Crippen MR) is 56.5 cm³/mol. The lowest BCUT2D eigenvalue weighted by Gasteiger charge is -2.08. The van der Waals surface area contributed by atoms with Crippen LogP contribution in [0.3, 0.4) is 0 Å². The molecule has 0 aromatic carbocycles. The summed E-state index contributed by atoms with van der Waals surface area (Å²) in [5.41, 5.74) is -1.41. The van der Waals surface area contributed by atoms with Crippen LogP contribution >= 0.6 is 11.6 Å². The van der Waals surface area contributed by atoms with Gasteiger partial charge in [0, 0.05) is 0 Å². The van der Waals surface area contributed by atoms with Gasteiger partial charge < -0.3 is 5.32 Å². The molecule has 0 atom stereocenters. The van der Waals surface area contributed by atoms with Crippen LogP contribution in [0.15, 0.2) is 23.0 Å². The van der Waals surface area contributed by atoms with E-state index >= 15 is 0 Å². The van der Waals surface area contributed by atoms with Crippen molar-refractivity contribution in [3.8, 4) is 0 Å². The molecule has 0 fully saturated rings. The fourth-order valence-corrected chi connectivity index (χ4v) is 1.40. The van der Waals surface area contributed by atoms with Gasteiger partial charge in [-0.25, -0.2) is 9.61 Å². The maximum atomic E-state index is 12.4. The average molecular weight is 293 g/mol. The van der Waals surface area contributed by atoms with Crippen LogP contribution in [0.1, 0.15) is 16.1 Å². The van der Waals surface area contributed by atoms with Crippen molar-refractivity contribution in [2.75, 3.05) is 5.32 Å². The zero-order valence-corrected chi connectivity index (χ0v) is 9.66. The first kappa shape index (κ1) is 13.3. The van der Waals surface area contributed by atoms with Gasteiger partial charge in [-0.05, 0) is 17.3 Å². The molecule has 0 aliphatic heterocycles. The number of aromatic nitrogens is 3. The predicted octanol–water partition coefficient (Wildman–Crippen LogP) is 2.39. The molecule has 6 nitrogen and oxygen atoms in total. The number of nitrogens with one attached hydrogen (secondary N) is 1. The largest absolute Gasteiger partial charge is 0.433 e. The lowest BCUT2D eigenvalue weighted by molar-refractivity contribution is -0.141. The summed E-state index contributed by atoms with van der Waals surface area (Å²) in [6.07, 6.45) is -3.52. The minimum atomic E-state index is -4.63. The number of rotatable bonds is 2. The number of hydrogen-bond acceptors (Lipinski definition) is 5. The second-order valence-corrected chi connectivity index (χ2v) is 3.64. The molecule has 0 spiro atoms. The van der Waals surface area contributed by atoms with E-state index in [1.165, 1.54) is 0 Å². The van der Waals surface area contributed by atoms with Crippen molar-refractivity contribution in [3.05, 3.63) is 34.7 Å². The van der Waals surface area contributed by atoms with Crippen LogP contribution in [0.2, 0.25) is 5.15 Å². The highest BCUT2D eigenvalue weighted by molar-refractivity contribution is 6.33. The van der Waals surface area contributed by atoms with Gasteiger partial charge in [0.2, 0.25) is 0 Å². The summed E-state index contributed by atoms with van der Waals surface area (Å²) in [4.78, 5) is 14.8. The summed E-state index contributed by atoms with van der Waals surface area (Å²) >= 11 is 5.54. The molecule has 0 saturated heterocycles. The van der Waals surface area contributed by atoms with Crippen LogP contribution < -0.4 is 5.32 Å². The number of carbonyl (C=O) groups excluding carboxylic acids is 1. The maximum absolute atomic E-state index is 12.4. The molecule has 2 heterocycles. The fourth-order valence-electron chi connectivity index (χ4n) is 1.16. The van der Waals surface area contributed by atoms with Crippen LogP contribution in [0.25, 0.3) is 0 Å². The topological polar surface area (TPSA) is 80.9 Å². The van der Waals surface area contributed by atoms with Gasteiger partial charge >= 0.3 is 6.18 Å². The van der Waals surface area contributed by atoms with E-state index in [2.05, 4.69) is 25.2 Å². The van der Waals surface area contributed by atoms with E-state index in [1.54, 1.807) is 0 Å². The molecule has 2 rings (SSSR count). The highest BCUT2D eigenvalue weighted by atomic mass is 35.5.